The molecule has 0 spiro atoms. The number of aromatic carboxylic acids is 1. The zero-order valence-corrected chi connectivity index (χ0v) is 11.6. The number of furan rings is 1. The smallest absolute Gasteiger partial charge is 0.475 e. The number of carbonyl (C=O) groups is 1. The van der Waals surface area contributed by atoms with Gasteiger partial charge in [0.25, 0.3) is 0 Å². The van der Waals surface area contributed by atoms with Crippen molar-refractivity contribution in [1.82, 2.24) is 0 Å². The first-order chi connectivity index (χ1) is 5.41. The van der Waals surface area contributed by atoms with Crippen LogP contribution in [0.2, 0.25) is 0 Å². The molecule has 13 heavy (non-hydrogen) atoms. The van der Waals surface area contributed by atoms with Gasteiger partial charge in [-0.3, -0.25) is 4.55 Å². The molecule has 66 valence electrons. The van der Waals surface area contributed by atoms with Crippen LogP contribution < -0.4 is 0 Å². The molecule has 0 radical (unpaired) electrons. The van der Waals surface area contributed by atoms with Gasteiger partial charge < -0.3 is 9.52 Å². The van der Waals surface area contributed by atoms with Crippen LogP contribution >= 0.6 is 0 Å². The Balaban J connectivity index is 0.00000144. The third-order valence-electron chi connectivity index (χ3n) is 1.05. The molecule has 0 fully saturated rings. The van der Waals surface area contributed by atoms with Gasteiger partial charge in [-0.25, -0.2) is 4.79 Å². The van der Waals surface area contributed by atoms with Crippen molar-refractivity contribution < 1.29 is 27.3 Å². The van der Waals surface area contributed by atoms with E-state index >= 15 is 0 Å². The van der Waals surface area contributed by atoms with Gasteiger partial charge in [0, 0.05) is 0 Å². The Hall–Kier alpha value is 0.231. The van der Waals surface area contributed by atoms with Crippen LogP contribution in [0.4, 0.5) is 0 Å². The van der Waals surface area contributed by atoms with E-state index in [4.69, 9.17) is 9.66 Å². The first kappa shape index (κ1) is 13.2. The van der Waals surface area contributed by atoms with Gasteiger partial charge in [0.2, 0.25) is 10.9 Å². The van der Waals surface area contributed by atoms with Gasteiger partial charge >= 0.3 is 65.0 Å². The molecule has 6 nitrogen and oxygen atoms in total. The number of hydrogen-bond acceptors (Lipinski definition) is 4. The van der Waals surface area contributed by atoms with Crippen molar-refractivity contribution in [3.8, 4) is 0 Å². The second kappa shape index (κ2) is 4.64. The van der Waals surface area contributed by atoms with Crippen LogP contribution in [0.15, 0.2) is 21.6 Å². The molecule has 0 atom stereocenters. The summed E-state index contributed by atoms with van der Waals surface area (Å²) in [5, 5.41) is 7.52. The first-order valence-electron chi connectivity index (χ1n) is 2.72. The van der Waals surface area contributed by atoms with E-state index in [0.717, 1.165) is 12.1 Å². The molecule has 0 aliphatic carbocycles. The predicted molar refractivity (Wildman–Crippen MR) is 41.2 cm³/mol. The summed E-state index contributed by atoms with van der Waals surface area (Å²) in [6, 6.07) is 1.80. The summed E-state index contributed by atoms with van der Waals surface area (Å²) < 4.78 is 33.3. The Bertz CT molecular complexity index is 404. The minimum atomic E-state index is -4.45. The third-order valence-corrected chi connectivity index (χ3v) is 1.77. The fourth-order valence-electron chi connectivity index (χ4n) is 0.574. The van der Waals surface area contributed by atoms with Gasteiger partial charge in [0.1, 0.15) is 0 Å². The van der Waals surface area contributed by atoms with Crippen LogP contribution in [0.5, 0.6) is 0 Å². The van der Waals surface area contributed by atoms with Crippen molar-refractivity contribution in [2.24, 2.45) is 0 Å². The van der Waals surface area contributed by atoms with Crippen LogP contribution in [-0.2, 0) is 10.1 Å². The number of rotatable bonds is 2. The molecule has 0 unspecified atom stereocenters. The van der Waals surface area contributed by atoms with E-state index in [0.29, 0.717) is 0 Å². The second-order valence-corrected chi connectivity index (χ2v) is 3.25. The molecular formula is C5H4BaO6S+2. The van der Waals surface area contributed by atoms with Gasteiger partial charge in [0.15, 0.2) is 0 Å². The van der Waals surface area contributed by atoms with E-state index in [9.17, 15) is 13.2 Å². The predicted octanol–water partition coefficient (Wildman–Crippen LogP) is -0.156. The van der Waals surface area contributed by atoms with Crippen LogP contribution in [0.3, 0.4) is 0 Å². The summed E-state index contributed by atoms with van der Waals surface area (Å²) in [5.74, 6) is -1.94. The molecule has 1 aromatic heterocycles. The Labute approximate surface area is 114 Å². The van der Waals surface area contributed by atoms with Gasteiger partial charge in [0.05, 0.1) is 0 Å². The fourth-order valence-corrected chi connectivity index (χ4v) is 1.01. The van der Waals surface area contributed by atoms with Crippen LogP contribution in [-0.4, -0.2) is 72.9 Å². The van der Waals surface area contributed by atoms with Crippen molar-refractivity contribution in [3.05, 3.63) is 17.9 Å². The molecule has 2 N–H and O–H groups in total. The maximum Gasteiger partial charge on any atom is 2.00 e. The Morgan fingerprint density at radius 1 is 1.38 bits per heavy atom. The molecule has 1 rings (SSSR count). The molecule has 0 amide bonds. The zero-order valence-electron chi connectivity index (χ0n) is 6.30. The SMILES string of the molecule is O=C(O)c1ccc(S(=O)(=O)O)o1.[Ba+2]. The maximum atomic E-state index is 10.3. The summed E-state index contributed by atoms with van der Waals surface area (Å²) in [5.41, 5.74) is 0. The minimum absolute atomic E-state index is 0. The topological polar surface area (TPSA) is 105 Å². The van der Waals surface area contributed by atoms with Crippen molar-refractivity contribution in [2.75, 3.05) is 0 Å². The number of hydrogen-bond donors (Lipinski definition) is 2. The van der Waals surface area contributed by atoms with E-state index in [2.05, 4.69) is 4.42 Å². The molecule has 1 aromatic rings. The summed E-state index contributed by atoms with van der Waals surface area (Å²) in [6.45, 7) is 0. The fraction of sp³-hybridized carbons (Fsp3) is 0. The number of carboxylic acids is 1. The Kier molecular flexibility index (Phi) is 4.72. The summed E-state index contributed by atoms with van der Waals surface area (Å²) in [4.78, 5) is 10.2. The van der Waals surface area contributed by atoms with Crippen molar-refractivity contribution in [3.63, 3.8) is 0 Å². The van der Waals surface area contributed by atoms with Crippen molar-refractivity contribution >= 4 is 65.0 Å². The first-order valence-corrected chi connectivity index (χ1v) is 4.16. The molecule has 0 aliphatic heterocycles. The van der Waals surface area contributed by atoms with E-state index < -0.39 is 26.9 Å². The zero-order chi connectivity index (χ0) is 9.35. The third kappa shape index (κ3) is 3.46. The van der Waals surface area contributed by atoms with Gasteiger partial charge in [-0.15, -0.1) is 0 Å². The van der Waals surface area contributed by atoms with E-state index in [1.54, 1.807) is 0 Å². The van der Waals surface area contributed by atoms with Gasteiger partial charge in [-0.1, -0.05) is 0 Å². The minimum Gasteiger partial charge on any atom is -0.475 e. The summed E-state index contributed by atoms with van der Waals surface area (Å²) in [6.07, 6.45) is 0. The van der Waals surface area contributed by atoms with Crippen LogP contribution in [0, 0.1) is 0 Å². The van der Waals surface area contributed by atoms with Crippen LogP contribution in [0.1, 0.15) is 10.6 Å². The van der Waals surface area contributed by atoms with Gasteiger partial charge in [-0.05, 0) is 12.1 Å². The van der Waals surface area contributed by atoms with Crippen LogP contribution in [0.25, 0.3) is 0 Å². The number of carboxylic acid groups (broad SMARTS) is 1. The standard InChI is InChI=1S/C5H4O6S.Ba/c6-5(7)3-1-2-4(11-3)12(8,9)10;/h1-2H,(H,6,7)(H,8,9,10);/q;+2. The molecule has 0 bridgehead atoms. The maximum absolute atomic E-state index is 10.3. The van der Waals surface area contributed by atoms with E-state index in [1.807, 2.05) is 0 Å². The molecule has 0 aromatic carbocycles. The average Bonchev–Trinajstić information content (AvgIpc) is 2.30. The average molecular weight is 329 g/mol. The largest absolute Gasteiger partial charge is 2.00 e. The Morgan fingerprint density at radius 2 is 1.92 bits per heavy atom. The molecular weight excluding hydrogens is 325 g/mol. The molecule has 0 saturated carbocycles. The monoisotopic (exact) mass is 330 g/mol. The molecule has 1 heterocycles. The van der Waals surface area contributed by atoms with Gasteiger partial charge in [-0.2, -0.15) is 8.42 Å². The normalized spacial score (nSPS) is 10.5. The molecule has 8 heteroatoms. The summed E-state index contributed by atoms with van der Waals surface area (Å²) in [7, 11) is -4.45. The quantitative estimate of drug-likeness (QED) is 0.577. The molecule has 0 saturated heterocycles. The van der Waals surface area contributed by atoms with Crippen molar-refractivity contribution in [2.45, 2.75) is 5.09 Å². The molecule has 0 aliphatic rings. The van der Waals surface area contributed by atoms with E-state index in [-0.39, 0.29) is 48.9 Å². The Morgan fingerprint density at radius 3 is 2.15 bits per heavy atom. The summed E-state index contributed by atoms with van der Waals surface area (Å²) >= 11 is 0. The van der Waals surface area contributed by atoms with E-state index in [1.165, 1.54) is 0 Å². The van der Waals surface area contributed by atoms with Crippen molar-refractivity contribution in [1.29, 1.82) is 0 Å². The second-order valence-electron chi connectivity index (χ2n) is 1.90.